The van der Waals surface area contributed by atoms with Gasteiger partial charge in [-0.2, -0.15) is 0 Å². The molecule has 0 saturated heterocycles. The van der Waals surface area contributed by atoms with Crippen molar-refractivity contribution in [1.29, 1.82) is 0 Å². The van der Waals surface area contributed by atoms with E-state index < -0.39 is 0 Å². The van der Waals surface area contributed by atoms with Crippen LogP contribution in [0, 0.1) is 20.8 Å². The van der Waals surface area contributed by atoms with Crippen LogP contribution in [0.25, 0.3) is 22.9 Å². The first-order valence-corrected chi connectivity index (χ1v) is 9.64. The Labute approximate surface area is 161 Å². The summed E-state index contributed by atoms with van der Waals surface area (Å²) in [5.41, 5.74) is 5.13. The molecule has 2 aromatic heterocycles. The second-order valence-electron chi connectivity index (χ2n) is 6.43. The molecular weight excluding hydrogens is 358 g/mol. The first-order valence-electron chi connectivity index (χ1n) is 8.65. The summed E-state index contributed by atoms with van der Waals surface area (Å²) in [6.45, 7) is 6.03. The summed E-state index contributed by atoms with van der Waals surface area (Å²) in [5.74, 6) is 2.57. The van der Waals surface area contributed by atoms with E-state index in [1.807, 2.05) is 49.4 Å². The highest BCUT2D eigenvalue weighted by atomic mass is 32.2. The number of rotatable bonds is 5. The zero-order valence-electron chi connectivity index (χ0n) is 15.4. The topological polar surface area (TPSA) is 65.0 Å². The van der Waals surface area contributed by atoms with Crippen molar-refractivity contribution in [2.75, 3.05) is 0 Å². The molecule has 0 radical (unpaired) electrons. The SMILES string of the molecule is Cc1cc(C)cc(-c2nnc(SCc3nc(-c4ccccc4)oc3C)o2)c1. The summed E-state index contributed by atoms with van der Waals surface area (Å²) in [6, 6.07) is 16.1. The van der Waals surface area contributed by atoms with Crippen molar-refractivity contribution in [2.45, 2.75) is 31.7 Å². The number of oxazole rings is 1. The molecule has 0 aliphatic rings. The van der Waals surface area contributed by atoms with Gasteiger partial charge in [0.05, 0.1) is 5.69 Å². The molecule has 0 bridgehead atoms. The standard InChI is InChI=1S/C21H19N3O2S/c1-13-9-14(2)11-17(10-13)20-23-24-21(26-20)27-12-18-15(3)25-19(22-18)16-7-5-4-6-8-16/h4-11H,12H2,1-3H3. The van der Waals surface area contributed by atoms with Crippen molar-refractivity contribution in [3.05, 3.63) is 71.1 Å². The molecule has 0 fully saturated rings. The van der Waals surface area contributed by atoms with Crippen molar-refractivity contribution < 1.29 is 8.83 Å². The number of hydrogen-bond donors (Lipinski definition) is 0. The number of aromatic nitrogens is 3. The van der Waals surface area contributed by atoms with Crippen LogP contribution < -0.4 is 0 Å². The van der Waals surface area contributed by atoms with Crippen molar-refractivity contribution >= 4 is 11.8 Å². The van der Waals surface area contributed by atoms with Crippen molar-refractivity contribution in [1.82, 2.24) is 15.2 Å². The van der Waals surface area contributed by atoms with Gasteiger partial charge in [0.1, 0.15) is 5.76 Å². The Morgan fingerprint density at radius 2 is 1.56 bits per heavy atom. The monoisotopic (exact) mass is 377 g/mol. The fraction of sp³-hybridized carbons (Fsp3) is 0.190. The molecule has 4 aromatic rings. The van der Waals surface area contributed by atoms with Crippen LogP contribution in [0.15, 0.2) is 62.6 Å². The van der Waals surface area contributed by atoms with Crippen LogP contribution in [-0.2, 0) is 5.75 Å². The van der Waals surface area contributed by atoms with Crippen LogP contribution in [0.4, 0.5) is 0 Å². The molecule has 0 atom stereocenters. The molecule has 0 N–H and O–H groups in total. The second kappa shape index (κ2) is 7.40. The lowest BCUT2D eigenvalue weighted by Gasteiger charge is -2.00. The predicted molar refractivity (Wildman–Crippen MR) is 105 cm³/mol. The first-order chi connectivity index (χ1) is 13.1. The largest absolute Gasteiger partial charge is 0.441 e. The molecule has 5 nitrogen and oxygen atoms in total. The van der Waals surface area contributed by atoms with Crippen LogP contribution in [-0.4, -0.2) is 15.2 Å². The lowest BCUT2D eigenvalue weighted by atomic mass is 10.1. The highest BCUT2D eigenvalue weighted by molar-refractivity contribution is 7.98. The third-order valence-electron chi connectivity index (χ3n) is 4.12. The van der Waals surface area contributed by atoms with Crippen molar-refractivity contribution in [3.63, 3.8) is 0 Å². The average molecular weight is 377 g/mol. The summed E-state index contributed by atoms with van der Waals surface area (Å²) < 4.78 is 11.6. The van der Waals surface area contributed by atoms with Crippen LogP contribution in [0.1, 0.15) is 22.6 Å². The van der Waals surface area contributed by atoms with Gasteiger partial charge in [-0.1, -0.05) is 47.2 Å². The Morgan fingerprint density at radius 3 is 2.30 bits per heavy atom. The zero-order valence-corrected chi connectivity index (χ0v) is 16.2. The Morgan fingerprint density at radius 1 is 0.815 bits per heavy atom. The second-order valence-corrected chi connectivity index (χ2v) is 7.35. The van der Waals surface area contributed by atoms with E-state index in [4.69, 9.17) is 8.83 Å². The van der Waals surface area contributed by atoms with Gasteiger partial charge in [0.2, 0.25) is 11.8 Å². The fourth-order valence-electron chi connectivity index (χ4n) is 2.88. The number of thioether (sulfide) groups is 1. The van der Waals surface area contributed by atoms with Gasteiger partial charge in [0, 0.05) is 16.9 Å². The Kier molecular flexibility index (Phi) is 4.81. The van der Waals surface area contributed by atoms with Crippen molar-refractivity contribution in [3.8, 4) is 22.9 Å². The molecule has 4 rings (SSSR count). The Bertz CT molecular complexity index is 1050. The number of hydrogen-bond acceptors (Lipinski definition) is 6. The molecule has 0 aliphatic carbocycles. The van der Waals surface area contributed by atoms with E-state index in [-0.39, 0.29) is 0 Å². The minimum Gasteiger partial charge on any atom is -0.441 e. The third-order valence-corrected chi connectivity index (χ3v) is 4.95. The van der Waals surface area contributed by atoms with Gasteiger partial charge in [-0.3, -0.25) is 0 Å². The highest BCUT2D eigenvalue weighted by Gasteiger charge is 2.14. The van der Waals surface area contributed by atoms with Crippen molar-refractivity contribution in [2.24, 2.45) is 0 Å². The van der Waals surface area contributed by atoms with E-state index in [9.17, 15) is 0 Å². The lowest BCUT2D eigenvalue weighted by molar-refractivity contribution is 0.465. The Hall–Kier alpha value is -2.86. The minimum atomic E-state index is 0.521. The Balaban J connectivity index is 1.48. The third kappa shape index (κ3) is 3.95. The minimum absolute atomic E-state index is 0.521. The fourth-order valence-corrected chi connectivity index (χ4v) is 3.64. The average Bonchev–Trinajstić information content (AvgIpc) is 3.27. The van der Waals surface area contributed by atoms with E-state index in [1.54, 1.807) is 0 Å². The molecule has 136 valence electrons. The molecule has 6 heteroatoms. The number of nitrogens with zero attached hydrogens (tertiary/aromatic N) is 3. The highest BCUT2D eigenvalue weighted by Crippen LogP contribution is 2.29. The van der Waals surface area contributed by atoms with Gasteiger partial charge in [0.25, 0.3) is 5.22 Å². The molecule has 27 heavy (non-hydrogen) atoms. The van der Waals surface area contributed by atoms with Crippen LogP contribution in [0.2, 0.25) is 0 Å². The molecule has 0 unspecified atom stereocenters. The van der Waals surface area contributed by atoms with E-state index in [1.165, 1.54) is 22.9 Å². The van der Waals surface area contributed by atoms with E-state index in [0.29, 0.717) is 22.8 Å². The van der Waals surface area contributed by atoms with Crippen LogP contribution in [0.3, 0.4) is 0 Å². The van der Waals surface area contributed by atoms with Gasteiger partial charge in [0.15, 0.2) is 0 Å². The summed E-state index contributed by atoms with van der Waals surface area (Å²) >= 11 is 1.46. The van der Waals surface area contributed by atoms with E-state index in [0.717, 1.165) is 22.6 Å². The lowest BCUT2D eigenvalue weighted by Crippen LogP contribution is -1.84. The molecule has 0 amide bonds. The summed E-state index contributed by atoms with van der Waals surface area (Å²) in [7, 11) is 0. The zero-order chi connectivity index (χ0) is 18.8. The number of benzene rings is 2. The summed E-state index contributed by atoms with van der Waals surface area (Å²) in [6.07, 6.45) is 0. The van der Waals surface area contributed by atoms with E-state index in [2.05, 4.69) is 35.1 Å². The van der Waals surface area contributed by atoms with Crippen LogP contribution in [0.5, 0.6) is 0 Å². The summed E-state index contributed by atoms with van der Waals surface area (Å²) in [4.78, 5) is 4.61. The maximum absolute atomic E-state index is 5.82. The molecule has 0 aliphatic heterocycles. The number of aryl methyl sites for hydroxylation is 3. The molecule has 2 heterocycles. The molecule has 0 spiro atoms. The van der Waals surface area contributed by atoms with Gasteiger partial charge in [-0.05, 0) is 45.0 Å². The quantitative estimate of drug-likeness (QED) is 0.421. The normalized spacial score (nSPS) is 11.1. The van der Waals surface area contributed by atoms with Gasteiger partial charge < -0.3 is 8.83 Å². The van der Waals surface area contributed by atoms with Crippen LogP contribution >= 0.6 is 11.8 Å². The molecule has 0 saturated carbocycles. The maximum atomic E-state index is 5.82. The summed E-state index contributed by atoms with van der Waals surface area (Å²) in [5, 5.41) is 8.85. The predicted octanol–water partition coefficient (Wildman–Crippen LogP) is 5.61. The molecular formula is C21H19N3O2S. The van der Waals surface area contributed by atoms with Gasteiger partial charge in [-0.25, -0.2) is 4.98 Å². The maximum Gasteiger partial charge on any atom is 0.277 e. The van der Waals surface area contributed by atoms with Gasteiger partial charge >= 0.3 is 0 Å². The van der Waals surface area contributed by atoms with E-state index >= 15 is 0 Å². The molecule has 2 aromatic carbocycles. The van der Waals surface area contributed by atoms with Gasteiger partial charge in [-0.15, -0.1) is 10.2 Å². The first kappa shape index (κ1) is 17.5. The smallest absolute Gasteiger partial charge is 0.277 e.